The summed E-state index contributed by atoms with van der Waals surface area (Å²) in [5, 5.41) is 3.42. The summed E-state index contributed by atoms with van der Waals surface area (Å²) in [5.74, 6) is 0.710. The number of hydrogen-bond acceptors (Lipinski definition) is 3. The van der Waals surface area contributed by atoms with Crippen LogP contribution in [0.3, 0.4) is 0 Å². The van der Waals surface area contributed by atoms with E-state index in [1.165, 1.54) is 24.0 Å². The lowest BCUT2D eigenvalue weighted by Gasteiger charge is -2.41. The summed E-state index contributed by atoms with van der Waals surface area (Å²) in [6, 6.07) is 9.02. The molecule has 2 aliphatic rings. The smallest absolute Gasteiger partial charge is 0.0597 e. The molecule has 0 aliphatic carbocycles. The Balaban J connectivity index is 1.84. The first-order valence-corrected chi connectivity index (χ1v) is 6.93. The van der Waals surface area contributed by atoms with Crippen molar-refractivity contribution in [2.75, 3.05) is 32.8 Å². The molecular formula is C15H22N2O. The van der Waals surface area contributed by atoms with E-state index in [0.717, 1.165) is 26.3 Å². The molecule has 0 bridgehead atoms. The van der Waals surface area contributed by atoms with E-state index in [1.807, 2.05) is 0 Å². The second kappa shape index (κ2) is 5.00. The Labute approximate surface area is 109 Å². The Kier molecular flexibility index (Phi) is 3.37. The van der Waals surface area contributed by atoms with E-state index < -0.39 is 0 Å². The van der Waals surface area contributed by atoms with Crippen molar-refractivity contribution < 1.29 is 4.74 Å². The van der Waals surface area contributed by atoms with Crippen molar-refractivity contribution in [2.45, 2.75) is 24.2 Å². The van der Waals surface area contributed by atoms with Crippen LogP contribution in [-0.4, -0.2) is 32.8 Å². The predicted octanol–water partition coefficient (Wildman–Crippen LogP) is 1.38. The number of nitrogens with two attached hydrogens (primary N) is 1. The van der Waals surface area contributed by atoms with Crippen LogP contribution in [0.15, 0.2) is 24.3 Å². The lowest BCUT2D eigenvalue weighted by molar-refractivity contribution is -0.0550. The molecule has 98 valence electrons. The van der Waals surface area contributed by atoms with Crippen molar-refractivity contribution in [2.24, 2.45) is 5.73 Å². The van der Waals surface area contributed by atoms with Crippen LogP contribution >= 0.6 is 0 Å². The Morgan fingerprint density at radius 2 is 2.06 bits per heavy atom. The number of nitrogens with one attached hydrogen (secondary N) is 1. The van der Waals surface area contributed by atoms with Gasteiger partial charge in [0, 0.05) is 6.54 Å². The van der Waals surface area contributed by atoms with Crippen LogP contribution in [-0.2, 0) is 10.2 Å². The van der Waals surface area contributed by atoms with Gasteiger partial charge < -0.3 is 15.8 Å². The van der Waals surface area contributed by atoms with Crippen LogP contribution < -0.4 is 11.1 Å². The highest BCUT2D eigenvalue weighted by molar-refractivity contribution is 5.34. The van der Waals surface area contributed by atoms with Gasteiger partial charge in [-0.25, -0.2) is 0 Å². The van der Waals surface area contributed by atoms with Crippen LogP contribution in [0.1, 0.15) is 29.9 Å². The number of ether oxygens (including phenoxy) is 1. The minimum absolute atomic E-state index is 0.0862. The second-order valence-corrected chi connectivity index (χ2v) is 5.63. The summed E-state index contributed by atoms with van der Waals surface area (Å²) in [7, 11) is 0. The maximum atomic E-state index is 5.94. The highest BCUT2D eigenvalue weighted by atomic mass is 16.5. The first kappa shape index (κ1) is 12.2. The molecular weight excluding hydrogens is 224 g/mol. The van der Waals surface area contributed by atoms with Crippen LogP contribution in [0.25, 0.3) is 0 Å². The third kappa shape index (κ3) is 2.07. The van der Waals surface area contributed by atoms with Crippen LogP contribution in [0.4, 0.5) is 0 Å². The minimum atomic E-state index is 0.0862. The Bertz CT molecular complexity index is 403. The molecule has 2 heterocycles. The van der Waals surface area contributed by atoms with Gasteiger partial charge in [-0.15, -0.1) is 0 Å². The van der Waals surface area contributed by atoms with Crippen molar-refractivity contribution in [3.63, 3.8) is 0 Å². The van der Waals surface area contributed by atoms with Gasteiger partial charge >= 0.3 is 0 Å². The Hall–Kier alpha value is -0.900. The molecule has 0 saturated carbocycles. The molecule has 0 aromatic heterocycles. The standard InChI is InChI=1S/C15H22N2O/c16-9-15(10-18-11-15)14-3-1-2-13(8-14)12-4-6-17-7-5-12/h1-3,8,12,17H,4-7,9-11,16H2. The zero-order valence-electron chi connectivity index (χ0n) is 10.8. The van der Waals surface area contributed by atoms with Crippen LogP contribution in [0.5, 0.6) is 0 Å². The van der Waals surface area contributed by atoms with E-state index in [4.69, 9.17) is 10.5 Å². The molecule has 0 atom stereocenters. The summed E-state index contributed by atoms with van der Waals surface area (Å²) in [5.41, 5.74) is 8.87. The maximum Gasteiger partial charge on any atom is 0.0597 e. The quantitative estimate of drug-likeness (QED) is 0.847. The van der Waals surface area contributed by atoms with E-state index in [-0.39, 0.29) is 5.41 Å². The van der Waals surface area contributed by atoms with Crippen LogP contribution in [0.2, 0.25) is 0 Å². The predicted molar refractivity (Wildman–Crippen MR) is 72.8 cm³/mol. The molecule has 3 nitrogen and oxygen atoms in total. The van der Waals surface area contributed by atoms with Crippen molar-refractivity contribution in [3.05, 3.63) is 35.4 Å². The van der Waals surface area contributed by atoms with Gasteiger partial charge in [-0.05, 0) is 43.0 Å². The molecule has 0 radical (unpaired) electrons. The Morgan fingerprint density at radius 1 is 1.28 bits per heavy atom. The topological polar surface area (TPSA) is 47.3 Å². The summed E-state index contributed by atoms with van der Waals surface area (Å²) in [6.45, 7) is 4.51. The zero-order valence-corrected chi connectivity index (χ0v) is 10.8. The Morgan fingerprint density at radius 3 is 2.67 bits per heavy atom. The van der Waals surface area contributed by atoms with Gasteiger partial charge in [-0.1, -0.05) is 24.3 Å². The van der Waals surface area contributed by atoms with E-state index >= 15 is 0 Å². The fourth-order valence-corrected chi connectivity index (χ4v) is 3.03. The monoisotopic (exact) mass is 246 g/mol. The molecule has 0 amide bonds. The minimum Gasteiger partial charge on any atom is -0.379 e. The molecule has 2 aliphatic heterocycles. The first-order chi connectivity index (χ1) is 8.84. The van der Waals surface area contributed by atoms with Crippen molar-refractivity contribution in [1.82, 2.24) is 5.32 Å². The zero-order chi connectivity index (χ0) is 12.4. The van der Waals surface area contributed by atoms with E-state index in [9.17, 15) is 0 Å². The van der Waals surface area contributed by atoms with Gasteiger partial charge in [0.15, 0.2) is 0 Å². The molecule has 1 aromatic carbocycles. The highest BCUT2D eigenvalue weighted by Crippen LogP contribution is 2.34. The summed E-state index contributed by atoms with van der Waals surface area (Å²) in [6.07, 6.45) is 2.49. The molecule has 2 fully saturated rings. The van der Waals surface area contributed by atoms with Crippen molar-refractivity contribution in [1.29, 1.82) is 0 Å². The maximum absolute atomic E-state index is 5.94. The van der Waals surface area contributed by atoms with E-state index in [1.54, 1.807) is 0 Å². The number of benzene rings is 1. The van der Waals surface area contributed by atoms with E-state index in [0.29, 0.717) is 12.5 Å². The van der Waals surface area contributed by atoms with Gasteiger partial charge in [-0.3, -0.25) is 0 Å². The SMILES string of the molecule is NCC1(c2cccc(C3CCNCC3)c2)COC1. The first-order valence-electron chi connectivity index (χ1n) is 6.93. The number of piperidine rings is 1. The summed E-state index contributed by atoms with van der Waals surface area (Å²) < 4.78 is 5.38. The lowest BCUT2D eigenvalue weighted by Crippen LogP contribution is -2.52. The fourth-order valence-electron chi connectivity index (χ4n) is 3.03. The van der Waals surface area contributed by atoms with Gasteiger partial charge in [0.2, 0.25) is 0 Å². The summed E-state index contributed by atoms with van der Waals surface area (Å²) >= 11 is 0. The molecule has 0 unspecified atom stereocenters. The van der Waals surface area contributed by atoms with E-state index in [2.05, 4.69) is 29.6 Å². The third-order valence-corrected chi connectivity index (χ3v) is 4.46. The number of rotatable bonds is 3. The largest absolute Gasteiger partial charge is 0.379 e. The highest BCUT2D eigenvalue weighted by Gasteiger charge is 2.39. The van der Waals surface area contributed by atoms with Gasteiger partial charge in [0.25, 0.3) is 0 Å². The molecule has 3 heteroatoms. The third-order valence-electron chi connectivity index (χ3n) is 4.46. The van der Waals surface area contributed by atoms with Crippen LogP contribution in [0, 0.1) is 0 Å². The molecule has 0 spiro atoms. The second-order valence-electron chi connectivity index (χ2n) is 5.63. The molecule has 18 heavy (non-hydrogen) atoms. The van der Waals surface area contributed by atoms with Crippen molar-refractivity contribution >= 4 is 0 Å². The normalized spacial score (nSPS) is 23.6. The average molecular weight is 246 g/mol. The van der Waals surface area contributed by atoms with Gasteiger partial charge in [-0.2, -0.15) is 0 Å². The molecule has 3 rings (SSSR count). The van der Waals surface area contributed by atoms with Gasteiger partial charge in [0.05, 0.1) is 18.6 Å². The van der Waals surface area contributed by atoms with Gasteiger partial charge in [0.1, 0.15) is 0 Å². The summed E-state index contributed by atoms with van der Waals surface area (Å²) in [4.78, 5) is 0. The molecule has 1 aromatic rings. The fraction of sp³-hybridized carbons (Fsp3) is 0.600. The van der Waals surface area contributed by atoms with Crippen molar-refractivity contribution in [3.8, 4) is 0 Å². The molecule has 3 N–H and O–H groups in total. The lowest BCUT2D eigenvalue weighted by atomic mass is 9.77. The number of hydrogen-bond donors (Lipinski definition) is 2. The molecule has 2 saturated heterocycles. The average Bonchev–Trinajstić information content (AvgIpc) is 2.40.